The molecule has 1 aromatic heterocycles. The minimum Gasteiger partial charge on any atom is -0.469 e. The monoisotopic (exact) mass is 186 g/mol. The molecule has 1 heterocycles. The quantitative estimate of drug-likeness (QED) is 0.508. The molecule has 0 bridgehead atoms. The first-order valence-electron chi connectivity index (χ1n) is 3.25. The standard InChI is InChI=1S/C7H7ClN2O2/c1-12-7(11)3-5-2-6(8)10-4-9-5/h2,4H,3H2,1H3. The molecular weight excluding hydrogens is 180 g/mol. The van der Waals surface area contributed by atoms with Gasteiger partial charge < -0.3 is 4.74 Å². The van der Waals surface area contributed by atoms with Crippen LogP contribution in [0.25, 0.3) is 0 Å². The number of carbonyl (C=O) groups is 1. The van der Waals surface area contributed by atoms with Crippen LogP contribution in [0.2, 0.25) is 5.15 Å². The van der Waals surface area contributed by atoms with Gasteiger partial charge in [0.1, 0.15) is 11.5 Å². The Morgan fingerprint density at radius 1 is 1.67 bits per heavy atom. The van der Waals surface area contributed by atoms with Crippen molar-refractivity contribution in [2.75, 3.05) is 7.11 Å². The van der Waals surface area contributed by atoms with Crippen LogP contribution in [0.1, 0.15) is 5.69 Å². The van der Waals surface area contributed by atoms with Gasteiger partial charge in [0, 0.05) is 0 Å². The summed E-state index contributed by atoms with van der Waals surface area (Å²) in [5, 5.41) is 0.323. The zero-order valence-corrected chi connectivity index (χ0v) is 7.21. The van der Waals surface area contributed by atoms with Gasteiger partial charge in [-0.15, -0.1) is 0 Å². The molecule has 0 radical (unpaired) electrons. The third-order valence-corrected chi connectivity index (χ3v) is 1.45. The fourth-order valence-corrected chi connectivity index (χ4v) is 0.857. The molecule has 0 aromatic carbocycles. The van der Waals surface area contributed by atoms with Gasteiger partial charge in [-0.2, -0.15) is 0 Å². The zero-order chi connectivity index (χ0) is 8.97. The Labute approximate surface area is 74.5 Å². The number of ether oxygens (including phenoxy) is 1. The van der Waals surface area contributed by atoms with E-state index in [1.807, 2.05) is 0 Å². The Kier molecular flexibility index (Phi) is 2.99. The van der Waals surface area contributed by atoms with Crippen molar-refractivity contribution in [2.24, 2.45) is 0 Å². The van der Waals surface area contributed by atoms with Crippen molar-refractivity contribution in [1.82, 2.24) is 9.97 Å². The Bertz CT molecular complexity index is 290. The Morgan fingerprint density at radius 2 is 2.42 bits per heavy atom. The number of nitrogens with zero attached hydrogens (tertiary/aromatic N) is 2. The van der Waals surface area contributed by atoms with E-state index in [-0.39, 0.29) is 12.4 Å². The van der Waals surface area contributed by atoms with Gasteiger partial charge in [-0.25, -0.2) is 9.97 Å². The Morgan fingerprint density at radius 3 is 3.00 bits per heavy atom. The summed E-state index contributed by atoms with van der Waals surface area (Å²) in [6.45, 7) is 0. The fraction of sp³-hybridized carbons (Fsp3) is 0.286. The number of methoxy groups -OCH3 is 1. The van der Waals surface area contributed by atoms with E-state index in [1.165, 1.54) is 19.5 Å². The van der Waals surface area contributed by atoms with Crippen molar-refractivity contribution >= 4 is 17.6 Å². The molecule has 0 saturated carbocycles. The Hall–Kier alpha value is -1.16. The second-order valence-corrected chi connectivity index (χ2v) is 2.47. The average molecular weight is 187 g/mol. The number of carbonyl (C=O) groups excluding carboxylic acids is 1. The van der Waals surface area contributed by atoms with Crippen LogP contribution in [0.4, 0.5) is 0 Å². The predicted octanol–water partition coefficient (Wildman–Crippen LogP) is 0.845. The molecule has 0 saturated heterocycles. The molecule has 0 atom stereocenters. The molecule has 0 aliphatic rings. The highest BCUT2D eigenvalue weighted by Gasteiger charge is 2.03. The summed E-state index contributed by atoms with van der Waals surface area (Å²) in [4.78, 5) is 18.3. The lowest BCUT2D eigenvalue weighted by atomic mass is 10.3. The highest BCUT2D eigenvalue weighted by Crippen LogP contribution is 2.04. The van der Waals surface area contributed by atoms with Crippen LogP contribution in [0, 0.1) is 0 Å². The number of aromatic nitrogens is 2. The molecule has 5 heteroatoms. The number of hydrogen-bond donors (Lipinski definition) is 0. The topological polar surface area (TPSA) is 52.1 Å². The second kappa shape index (κ2) is 4.01. The van der Waals surface area contributed by atoms with Gasteiger partial charge in [-0.3, -0.25) is 4.79 Å². The van der Waals surface area contributed by atoms with Gasteiger partial charge in [-0.1, -0.05) is 11.6 Å². The van der Waals surface area contributed by atoms with Crippen LogP contribution in [0.5, 0.6) is 0 Å². The van der Waals surface area contributed by atoms with Crippen molar-refractivity contribution in [3.05, 3.63) is 23.2 Å². The molecule has 0 aliphatic carbocycles. The molecular formula is C7H7ClN2O2. The summed E-state index contributed by atoms with van der Waals surface area (Å²) in [5.74, 6) is -0.343. The van der Waals surface area contributed by atoms with E-state index in [0.717, 1.165) is 0 Å². The summed E-state index contributed by atoms with van der Waals surface area (Å²) >= 11 is 5.57. The summed E-state index contributed by atoms with van der Waals surface area (Å²) in [6, 6.07) is 1.53. The van der Waals surface area contributed by atoms with Crippen LogP contribution >= 0.6 is 11.6 Å². The van der Waals surface area contributed by atoms with Gasteiger partial charge in [0.15, 0.2) is 0 Å². The molecule has 64 valence electrons. The molecule has 0 unspecified atom stereocenters. The van der Waals surface area contributed by atoms with E-state index >= 15 is 0 Å². The third-order valence-electron chi connectivity index (χ3n) is 1.24. The zero-order valence-electron chi connectivity index (χ0n) is 6.45. The van der Waals surface area contributed by atoms with E-state index < -0.39 is 0 Å². The molecule has 0 N–H and O–H groups in total. The van der Waals surface area contributed by atoms with Crippen molar-refractivity contribution < 1.29 is 9.53 Å². The molecule has 12 heavy (non-hydrogen) atoms. The molecule has 1 rings (SSSR count). The van der Waals surface area contributed by atoms with Crippen LogP contribution in [-0.2, 0) is 16.0 Å². The highest BCUT2D eigenvalue weighted by atomic mass is 35.5. The van der Waals surface area contributed by atoms with E-state index in [1.54, 1.807) is 0 Å². The minimum atomic E-state index is -0.343. The van der Waals surface area contributed by atoms with E-state index in [2.05, 4.69) is 14.7 Å². The molecule has 1 aromatic rings. The predicted molar refractivity (Wildman–Crippen MR) is 42.8 cm³/mol. The van der Waals surface area contributed by atoms with Crippen LogP contribution < -0.4 is 0 Å². The minimum absolute atomic E-state index is 0.124. The smallest absolute Gasteiger partial charge is 0.311 e. The van der Waals surface area contributed by atoms with Gasteiger partial charge in [0.2, 0.25) is 0 Å². The lowest BCUT2D eigenvalue weighted by Crippen LogP contribution is -2.06. The van der Waals surface area contributed by atoms with E-state index in [9.17, 15) is 4.79 Å². The lowest BCUT2D eigenvalue weighted by Gasteiger charge is -1.97. The number of esters is 1. The first-order valence-corrected chi connectivity index (χ1v) is 3.63. The molecule has 0 fully saturated rings. The summed E-state index contributed by atoms with van der Waals surface area (Å²) < 4.78 is 4.45. The van der Waals surface area contributed by atoms with Crippen LogP contribution in [0.3, 0.4) is 0 Å². The van der Waals surface area contributed by atoms with Crippen molar-refractivity contribution in [3.8, 4) is 0 Å². The van der Waals surface area contributed by atoms with Crippen molar-refractivity contribution in [3.63, 3.8) is 0 Å². The lowest BCUT2D eigenvalue weighted by molar-refractivity contribution is -0.139. The third kappa shape index (κ3) is 2.47. The normalized spacial score (nSPS) is 9.50. The molecule has 0 spiro atoms. The average Bonchev–Trinajstić information content (AvgIpc) is 2.04. The summed E-state index contributed by atoms with van der Waals surface area (Å²) in [7, 11) is 1.32. The summed E-state index contributed by atoms with van der Waals surface area (Å²) in [5.41, 5.74) is 0.557. The van der Waals surface area contributed by atoms with Gasteiger partial charge in [0.25, 0.3) is 0 Å². The van der Waals surface area contributed by atoms with E-state index in [4.69, 9.17) is 11.6 Å². The number of hydrogen-bond acceptors (Lipinski definition) is 4. The number of rotatable bonds is 2. The number of halogens is 1. The largest absolute Gasteiger partial charge is 0.469 e. The van der Waals surface area contributed by atoms with Gasteiger partial charge in [-0.05, 0) is 6.07 Å². The van der Waals surface area contributed by atoms with Gasteiger partial charge >= 0.3 is 5.97 Å². The maximum absolute atomic E-state index is 10.8. The molecule has 0 amide bonds. The van der Waals surface area contributed by atoms with Crippen LogP contribution in [-0.4, -0.2) is 23.0 Å². The molecule has 0 aliphatic heterocycles. The maximum atomic E-state index is 10.8. The second-order valence-electron chi connectivity index (χ2n) is 2.08. The van der Waals surface area contributed by atoms with Crippen molar-refractivity contribution in [2.45, 2.75) is 6.42 Å². The van der Waals surface area contributed by atoms with Crippen molar-refractivity contribution in [1.29, 1.82) is 0 Å². The first-order chi connectivity index (χ1) is 5.72. The van der Waals surface area contributed by atoms with Gasteiger partial charge in [0.05, 0.1) is 19.2 Å². The highest BCUT2D eigenvalue weighted by molar-refractivity contribution is 6.29. The van der Waals surface area contributed by atoms with E-state index in [0.29, 0.717) is 10.8 Å². The first kappa shape index (κ1) is 8.93. The maximum Gasteiger partial charge on any atom is 0.311 e. The fourth-order valence-electron chi connectivity index (χ4n) is 0.687. The van der Waals surface area contributed by atoms with Crippen LogP contribution in [0.15, 0.2) is 12.4 Å². The molecule has 4 nitrogen and oxygen atoms in total. The SMILES string of the molecule is COC(=O)Cc1cc(Cl)ncn1. The summed E-state index contributed by atoms with van der Waals surface area (Å²) in [6.07, 6.45) is 1.43. The Balaban J connectivity index is 2.69.